The summed E-state index contributed by atoms with van der Waals surface area (Å²) >= 11 is 0. The maximum Gasteiger partial charge on any atom is 0.263 e. The summed E-state index contributed by atoms with van der Waals surface area (Å²) in [6, 6.07) is 6.73. The summed E-state index contributed by atoms with van der Waals surface area (Å²) in [5.74, 6) is -0.0358. The van der Waals surface area contributed by atoms with Crippen molar-refractivity contribution in [2.45, 2.75) is 24.8 Å². The number of halogens is 1. The molecule has 128 valence electrons. The molecule has 0 fully saturated rings. The molecule has 0 bridgehead atoms. The fourth-order valence-corrected chi connectivity index (χ4v) is 3.40. The van der Waals surface area contributed by atoms with E-state index in [2.05, 4.69) is 20.3 Å². The zero-order valence-electron chi connectivity index (χ0n) is 13.0. The minimum absolute atomic E-state index is 0. The normalized spacial score (nSPS) is 17.7. The van der Waals surface area contributed by atoms with Crippen LogP contribution in [0.1, 0.15) is 19.4 Å². The van der Waals surface area contributed by atoms with Crippen molar-refractivity contribution in [2.24, 2.45) is 4.99 Å². The van der Waals surface area contributed by atoms with Gasteiger partial charge in [0.2, 0.25) is 5.91 Å². The molecule has 0 unspecified atom stereocenters. The predicted molar refractivity (Wildman–Crippen MR) is 91.6 cm³/mol. The first-order chi connectivity index (χ1) is 10.4. The first-order valence-corrected chi connectivity index (χ1v) is 8.59. The van der Waals surface area contributed by atoms with E-state index in [-0.39, 0.29) is 41.6 Å². The first-order valence-electron chi connectivity index (χ1n) is 7.10. The molecule has 1 amide bonds. The molecule has 2 rings (SSSR count). The van der Waals surface area contributed by atoms with E-state index < -0.39 is 10.0 Å². The summed E-state index contributed by atoms with van der Waals surface area (Å²) in [4.78, 5) is 16.0. The number of rotatable bonds is 6. The second-order valence-electron chi connectivity index (χ2n) is 5.03. The molecule has 0 saturated carbocycles. The Balaban J connectivity index is 0.00000264. The topological polar surface area (TPSA) is 99.7 Å². The third-order valence-corrected chi connectivity index (χ3v) is 4.60. The number of aliphatic imine (C=N–C) groups is 1. The van der Waals surface area contributed by atoms with Gasteiger partial charge in [0.25, 0.3) is 10.0 Å². The number of hydrogen-bond acceptors (Lipinski definition) is 5. The molecule has 3 N–H and O–H groups in total. The number of nitrogens with one attached hydrogen (secondary N) is 3. The number of amidine groups is 1. The van der Waals surface area contributed by atoms with Gasteiger partial charge in [-0.1, -0.05) is 19.1 Å². The molecule has 1 aliphatic rings. The summed E-state index contributed by atoms with van der Waals surface area (Å²) in [5.41, 5.74) is 0.497. The van der Waals surface area contributed by atoms with E-state index in [1.807, 2.05) is 13.8 Å². The first kappa shape index (κ1) is 19.4. The third-order valence-electron chi connectivity index (χ3n) is 3.20. The van der Waals surface area contributed by atoms with Crippen LogP contribution in [0.2, 0.25) is 0 Å². The standard InChI is InChI=1S/C14H20N4O3S.ClH/c1-3-15-10(2)8-16-13(19)9-17-14-11-6-4-5-7-12(11)22(20,21)18-14;/h4-7,10,15H,3,8-9H2,1-2H3,(H,16,19)(H,17,18);1H/t10-;/m1./s1. The lowest BCUT2D eigenvalue weighted by Gasteiger charge is -2.12. The molecule has 0 aromatic heterocycles. The lowest BCUT2D eigenvalue weighted by molar-refractivity contribution is -0.119. The number of carbonyl (C=O) groups excluding carboxylic acids is 1. The number of amides is 1. The smallest absolute Gasteiger partial charge is 0.263 e. The summed E-state index contributed by atoms with van der Waals surface area (Å²) in [5, 5.41) is 5.93. The largest absolute Gasteiger partial charge is 0.353 e. The monoisotopic (exact) mass is 360 g/mol. The van der Waals surface area contributed by atoms with E-state index in [1.165, 1.54) is 6.07 Å². The fraction of sp³-hybridized carbons (Fsp3) is 0.429. The summed E-state index contributed by atoms with van der Waals surface area (Å²) < 4.78 is 26.2. The maximum atomic E-state index is 11.9. The van der Waals surface area contributed by atoms with Crippen molar-refractivity contribution in [3.63, 3.8) is 0 Å². The van der Waals surface area contributed by atoms with Gasteiger partial charge in [-0.2, -0.15) is 0 Å². The Bertz CT molecular complexity index is 691. The minimum atomic E-state index is -3.56. The van der Waals surface area contributed by atoms with Crippen LogP contribution >= 0.6 is 12.4 Å². The fourth-order valence-electron chi connectivity index (χ4n) is 2.15. The lowest BCUT2D eigenvalue weighted by Crippen LogP contribution is -2.39. The van der Waals surface area contributed by atoms with Crippen LogP contribution in [0, 0.1) is 0 Å². The van der Waals surface area contributed by atoms with Gasteiger partial charge in [-0.25, -0.2) is 8.42 Å². The number of sulfonamides is 1. The van der Waals surface area contributed by atoms with Crippen molar-refractivity contribution in [3.8, 4) is 0 Å². The summed E-state index contributed by atoms with van der Waals surface area (Å²) in [6.07, 6.45) is 0. The van der Waals surface area contributed by atoms with E-state index in [9.17, 15) is 13.2 Å². The zero-order valence-corrected chi connectivity index (χ0v) is 14.6. The zero-order chi connectivity index (χ0) is 16.2. The second kappa shape index (κ2) is 8.28. The van der Waals surface area contributed by atoms with Crippen molar-refractivity contribution >= 4 is 34.2 Å². The van der Waals surface area contributed by atoms with E-state index in [0.717, 1.165) is 6.54 Å². The molecule has 0 saturated heterocycles. The van der Waals surface area contributed by atoms with Gasteiger partial charge < -0.3 is 10.6 Å². The molecule has 7 nitrogen and oxygen atoms in total. The van der Waals surface area contributed by atoms with E-state index in [1.54, 1.807) is 18.2 Å². The van der Waals surface area contributed by atoms with Crippen molar-refractivity contribution in [1.82, 2.24) is 15.4 Å². The highest BCUT2D eigenvalue weighted by Crippen LogP contribution is 2.21. The van der Waals surface area contributed by atoms with Crippen LogP contribution in [-0.4, -0.2) is 45.8 Å². The molecule has 1 aliphatic heterocycles. The quantitative estimate of drug-likeness (QED) is 0.677. The summed E-state index contributed by atoms with van der Waals surface area (Å²) in [6.45, 7) is 5.17. The predicted octanol–water partition coefficient (Wildman–Crippen LogP) is 0.261. The molecule has 9 heteroatoms. The average Bonchev–Trinajstić information content (AvgIpc) is 2.75. The van der Waals surface area contributed by atoms with Crippen LogP contribution in [0.5, 0.6) is 0 Å². The van der Waals surface area contributed by atoms with Gasteiger partial charge >= 0.3 is 0 Å². The molecule has 1 aromatic rings. The van der Waals surface area contributed by atoms with E-state index >= 15 is 0 Å². The SMILES string of the molecule is CCN[C@H](C)CNC(=O)CN=C1NS(=O)(=O)c2ccccc21.Cl. The molecule has 1 atom stereocenters. The Labute approximate surface area is 142 Å². The van der Waals surface area contributed by atoms with Crippen LogP contribution in [0.15, 0.2) is 34.2 Å². The van der Waals surface area contributed by atoms with Crippen molar-refractivity contribution in [2.75, 3.05) is 19.6 Å². The van der Waals surface area contributed by atoms with Crippen LogP contribution in [0.3, 0.4) is 0 Å². The van der Waals surface area contributed by atoms with Gasteiger partial charge in [-0.3, -0.25) is 14.5 Å². The molecule has 0 aliphatic carbocycles. The van der Waals surface area contributed by atoms with Crippen molar-refractivity contribution in [3.05, 3.63) is 29.8 Å². The molecule has 0 spiro atoms. The van der Waals surface area contributed by atoms with Crippen LogP contribution in [0.25, 0.3) is 0 Å². The molecule has 23 heavy (non-hydrogen) atoms. The molecule has 1 heterocycles. The Morgan fingerprint density at radius 3 is 2.74 bits per heavy atom. The van der Waals surface area contributed by atoms with Gasteiger partial charge in [0, 0.05) is 18.2 Å². The Kier molecular flexibility index (Phi) is 6.99. The van der Waals surface area contributed by atoms with Crippen molar-refractivity contribution < 1.29 is 13.2 Å². The van der Waals surface area contributed by atoms with Gasteiger partial charge in [0.15, 0.2) is 0 Å². The van der Waals surface area contributed by atoms with Crippen LogP contribution in [-0.2, 0) is 14.8 Å². The van der Waals surface area contributed by atoms with Crippen LogP contribution in [0.4, 0.5) is 0 Å². The maximum absolute atomic E-state index is 11.9. The number of benzene rings is 1. The average molecular weight is 361 g/mol. The molecular formula is C14H21ClN4O3S. The Hall–Kier alpha value is -1.64. The van der Waals surface area contributed by atoms with Gasteiger partial charge in [0.1, 0.15) is 12.4 Å². The van der Waals surface area contributed by atoms with E-state index in [0.29, 0.717) is 12.1 Å². The van der Waals surface area contributed by atoms with E-state index in [4.69, 9.17) is 0 Å². The van der Waals surface area contributed by atoms with Gasteiger partial charge in [0.05, 0.1) is 4.90 Å². The Morgan fingerprint density at radius 2 is 2.04 bits per heavy atom. The Morgan fingerprint density at radius 1 is 1.35 bits per heavy atom. The van der Waals surface area contributed by atoms with Crippen LogP contribution < -0.4 is 15.4 Å². The van der Waals surface area contributed by atoms with Gasteiger partial charge in [-0.15, -0.1) is 12.4 Å². The number of carbonyl (C=O) groups is 1. The lowest BCUT2D eigenvalue weighted by atomic mass is 10.2. The molecular weight excluding hydrogens is 340 g/mol. The number of hydrogen-bond donors (Lipinski definition) is 3. The highest BCUT2D eigenvalue weighted by Gasteiger charge is 2.30. The third kappa shape index (κ3) is 4.92. The van der Waals surface area contributed by atoms with Crippen molar-refractivity contribution in [1.29, 1.82) is 0 Å². The highest BCUT2D eigenvalue weighted by atomic mass is 35.5. The summed E-state index contributed by atoms with van der Waals surface area (Å²) in [7, 11) is -3.56. The number of nitrogens with zero attached hydrogens (tertiary/aromatic N) is 1. The van der Waals surface area contributed by atoms with Gasteiger partial charge in [-0.05, 0) is 25.6 Å². The molecule has 1 aromatic carbocycles. The molecule has 0 radical (unpaired) electrons. The number of likely N-dealkylation sites (N-methyl/N-ethyl adjacent to an activating group) is 1. The highest BCUT2D eigenvalue weighted by molar-refractivity contribution is 7.90. The second-order valence-corrected chi connectivity index (χ2v) is 6.68. The number of fused-ring (bicyclic) bond motifs is 1. The minimum Gasteiger partial charge on any atom is -0.353 e.